The molecule has 0 rings (SSSR count). The number of ether oxygens (including phenoxy) is 2. The van der Waals surface area contributed by atoms with Crippen LogP contribution in [0.2, 0.25) is 0 Å². The second-order valence-electron chi connectivity index (χ2n) is 26.0. The Kier molecular flexibility index (Phi) is 68.0. The number of unbranched alkanes of at least 4 members (excludes halogenated alkanes) is 30. The maximum absolute atomic E-state index is 12.9. The molecular weight excluding hydrogens is 1160 g/mol. The zero-order valence-electron chi connectivity index (χ0n) is 60.0. The lowest BCUT2D eigenvalue weighted by molar-refractivity contribution is -0.870. The Morgan fingerprint density at radius 2 is 0.620 bits per heavy atom. The molecule has 0 heterocycles. The average Bonchev–Trinajstić information content (AvgIpc) is 2.14. The molecule has 0 aliphatic heterocycles. The van der Waals surface area contributed by atoms with E-state index in [4.69, 9.17) is 18.5 Å². The molecule has 0 aliphatic carbocycles. The summed E-state index contributed by atoms with van der Waals surface area (Å²) < 4.78 is 34.7. The largest absolute Gasteiger partial charge is 0.472 e. The molecule has 2 atom stereocenters. The number of hydrogen-bond donors (Lipinski definition) is 1. The van der Waals surface area contributed by atoms with Gasteiger partial charge in [-0.1, -0.05) is 339 Å². The van der Waals surface area contributed by atoms with Gasteiger partial charge in [0.25, 0.3) is 0 Å². The van der Waals surface area contributed by atoms with Crippen LogP contribution in [-0.4, -0.2) is 74.9 Å². The molecule has 1 N–H and O–H groups in total. The molecule has 9 nitrogen and oxygen atoms in total. The van der Waals surface area contributed by atoms with E-state index in [1.165, 1.54) is 167 Å². The summed E-state index contributed by atoms with van der Waals surface area (Å²) in [6.45, 7) is 4.29. The molecule has 0 saturated carbocycles. The number of hydrogen-bond acceptors (Lipinski definition) is 7. The first kappa shape index (κ1) is 87.9. The topological polar surface area (TPSA) is 108 Å². The average molecular weight is 1300 g/mol. The summed E-state index contributed by atoms with van der Waals surface area (Å²) in [4.78, 5) is 35.9. The van der Waals surface area contributed by atoms with Crippen LogP contribution in [0.3, 0.4) is 0 Å². The summed E-state index contributed by atoms with van der Waals surface area (Å²) in [6, 6.07) is 0. The predicted molar refractivity (Wildman–Crippen MR) is 399 cm³/mol. The Morgan fingerprint density at radius 3 is 0.924 bits per heavy atom. The van der Waals surface area contributed by atoms with Crippen LogP contribution in [0.4, 0.5) is 0 Å². The van der Waals surface area contributed by atoms with Crippen molar-refractivity contribution in [1.82, 2.24) is 0 Å². The second-order valence-corrected chi connectivity index (χ2v) is 27.4. The maximum atomic E-state index is 12.9. The van der Waals surface area contributed by atoms with Gasteiger partial charge in [0.05, 0.1) is 27.7 Å². The standard InChI is InChI=1S/C82H140NO8P/c1-6-8-10-12-14-16-18-20-22-24-26-28-30-32-34-36-37-38-39-40-41-42-43-44-45-47-49-51-53-55-57-59-61-63-65-67-69-71-73-75-82(85)91-80(79-90-92(86,87)89-77-76-83(3,4)5)78-88-81(84)74-72-70-68-66-64-62-60-58-56-54-52-50-48-46-35-33-31-29-27-25-23-21-19-17-15-13-11-9-7-2/h8,10,14,16,20,22,26,28,32,34,37-38,40-41,43-44,47,49,53,55,59,61,65,67,80H,6-7,9,11-13,15,17-19,21,23-25,27,29-31,33,35-36,39,42,45-46,48,50-52,54,56-58,60,62-64,66,68-79H2,1-5H3/p+1/b10-8-,16-14-,22-20-,28-26-,34-32-,38-37-,41-40-,44-43-,49-47-,55-53-,61-59-,67-65-. The summed E-state index contributed by atoms with van der Waals surface area (Å²) in [5, 5.41) is 0. The first-order chi connectivity index (χ1) is 45.0. The molecule has 0 saturated heterocycles. The number of nitrogens with zero attached hydrogens (tertiary/aromatic N) is 1. The molecule has 0 aromatic carbocycles. The fourth-order valence-corrected chi connectivity index (χ4v) is 10.9. The van der Waals surface area contributed by atoms with Crippen LogP contribution in [0.15, 0.2) is 146 Å². The highest BCUT2D eigenvalue weighted by atomic mass is 31.2. The molecule has 0 amide bonds. The van der Waals surface area contributed by atoms with Gasteiger partial charge in [0.15, 0.2) is 6.10 Å². The van der Waals surface area contributed by atoms with Gasteiger partial charge in [0.2, 0.25) is 0 Å². The molecule has 92 heavy (non-hydrogen) atoms. The Hall–Kier alpha value is -4.11. The molecule has 0 bridgehead atoms. The van der Waals surface area contributed by atoms with Crippen molar-refractivity contribution in [3.05, 3.63) is 146 Å². The van der Waals surface area contributed by atoms with E-state index in [0.29, 0.717) is 17.4 Å². The third-order valence-corrected chi connectivity index (χ3v) is 16.9. The molecule has 0 radical (unpaired) electrons. The maximum Gasteiger partial charge on any atom is 0.472 e. The molecule has 526 valence electrons. The lowest BCUT2D eigenvalue weighted by atomic mass is 10.0. The molecule has 2 unspecified atom stereocenters. The Morgan fingerprint density at radius 1 is 0.348 bits per heavy atom. The molecule has 0 spiro atoms. The van der Waals surface area contributed by atoms with Crippen molar-refractivity contribution in [2.75, 3.05) is 47.5 Å². The highest BCUT2D eigenvalue weighted by Crippen LogP contribution is 2.43. The molecule has 10 heteroatoms. The molecule has 0 aromatic rings. The summed E-state index contributed by atoms with van der Waals surface area (Å²) in [6.07, 6.45) is 106. The van der Waals surface area contributed by atoms with E-state index in [-0.39, 0.29) is 32.0 Å². The van der Waals surface area contributed by atoms with Crippen LogP contribution >= 0.6 is 7.82 Å². The SMILES string of the molecule is CC/C=C\C/C=C\C/C=C\C/C=C\C/C=C\C/C=C\C/C=C\C/C=C\C/C=C\C/C=C\C/C=C\C/C=C\CCCCC(=O)OC(COC(=O)CCCCCCCCCCCCCCCCCCCCCCCCCCCCCCC)COP(=O)(O)OCC[N+](C)(C)C. The van der Waals surface area contributed by atoms with Crippen molar-refractivity contribution in [3.63, 3.8) is 0 Å². The lowest BCUT2D eigenvalue weighted by Gasteiger charge is -2.24. The summed E-state index contributed by atoms with van der Waals surface area (Å²) in [5.41, 5.74) is 0. The van der Waals surface area contributed by atoms with Gasteiger partial charge in [0.1, 0.15) is 19.8 Å². The van der Waals surface area contributed by atoms with Gasteiger partial charge < -0.3 is 18.9 Å². The number of carbonyl (C=O) groups is 2. The van der Waals surface area contributed by atoms with E-state index in [0.717, 1.165) is 109 Å². The monoisotopic (exact) mass is 1300 g/mol. The minimum Gasteiger partial charge on any atom is -0.462 e. The fourth-order valence-electron chi connectivity index (χ4n) is 10.2. The highest BCUT2D eigenvalue weighted by Gasteiger charge is 2.27. The Bertz CT molecular complexity index is 2070. The predicted octanol–water partition coefficient (Wildman–Crippen LogP) is 24.9. The van der Waals surface area contributed by atoms with Crippen LogP contribution in [0.5, 0.6) is 0 Å². The summed E-state index contributed by atoms with van der Waals surface area (Å²) in [7, 11) is 1.44. The van der Waals surface area contributed by atoms with Gasteiger partial charge in [-0.05, 0) is 103 Å². The Balaban J connectivity index is 4.15. The van der Waals surface area contributed by atoms with Crippen molar-refractivity contribution in [3.8, 4) is 0 Å². The fraction of sp³-hybridized carbons (Fsp3) is 0.683. The smallest absolute Gasteiger partial charge is 0.462 e. The van der Waals surface area contributed by atoms with Crippen LogP contribution in [0.25, 0.3) is 0 Å². The van der Waals surface area contributed by atoms with Gasteiger partial charge in [0, 0.05) is 12.8 Å². The molecule has 0 fully saturated rings. The van der Waals surface area contributed by atoms with E-state index in [1.54, 1.807) is 0 Å². The van der Waals surface area contributed by atoms with Gasteiger partial charge in [-0.15, -0.1) is 0 Å². The molecular formula is C82H141NO8P+. The van der Waals surface area contributed by atoms with E-state index in [2.05, 4.69) is 160 Å². The third-order valence-electron chi connectivity index (χ3n) is 15.9. The third kappa shape index (κ3) is 74.9. The number of rotatable bonds is 68. The van der Waals surface area contributed by atoms with Gasteiger partial charge in [-0.25, -0.2) is 4.57 Å². The minimum atomic E-state index is -4.41. The van der Waals surface area contributed by atoms with Crippen molar-refractivity contribution < 1.29 is 42.1 Å². The minimum absolute atomic E-state index is 0.0171. The van der Waals surface area contributed by atoms with Gasteiger partial charge in [-0.3, -0.25) is 18.6 Å². The van der Waals surface area contributed by atoms with E-state index in [9.17, 15) is 19.0 Å². The normalized spacial score (nSPS) is 13.9. The zero-order chi connectivity index (χ0) is 66.9. The number of likely N-dealkylation sites (N-methyl/N-ethyl adjacent to an activating group) is 1. The number of phosphoric ester groups is 1. The van der Waals surface area contributed by atoms with Crippen LogP contribution in [0.1, 0.15) is 309 Å². The van der Waals surface area contributed by atoms with Crippen LogP contribution in [0, 0.1) is 0 Å². The summed E-state index contributed by atoms with van der Waals surface area (Å²) in [5.74, 6) is -0.847. The van der Waals surface area contributed by atoms with Crippen molar-refractivity contribution >= 4 is 19.8 Å². The number of esters is 2. The first-order valence-corrected chi connectivity index (χ1v) is 39.1. The van der Waals surface area contributed by atoms with Gasteiger partial charge in [-0.2, -0.15) is 0 Å². The number of quaternary nitrogens is 1. The number of carbonyl (C=O) groups excluding carboxylic acids is 2. The van der Waals surface area contributed by atoms with E-state index in [1.807, 2.05) is 21.1 Å². The van der Waals surface area contributed by atoms with Crippen molar-refractivity contribution in [1.29, 1.82) is 0 Å². The molecule has 0 aromatic heterocycles. The van der Waals surface area contributed by atoms with Crippen molar-refractivity contribution in [2.24, 2.45) is 0 Å². The zero-order valence-corrected chi connectivity index (χ0v) is 60.9. The highest BCUT2D eigenvalue weighted by molar-refractivity contribution is 7.47. The Labute approximate surface area is 567 Å². The van der Waals surface area contributed by atoms with Gasteiger partial charge >= 0.3 is 19.8 Å². The summed E-state index contributed by atoms with van der Waals surface area (Å²) >= 11 is 0. The van der Waals surface area contributed by atoms with Crippen molar-refractivity contribution in [2.45, 2.75) is 315 Å². The first-order valence-electron chi connectivity index (χ1n) is 37.6. The van der Waals surface area contributed by atoms with E-state index >= 15 is 0 Å². The van der Waals surface area contributed by atoms with Crippen LogP contribution < -0.4 is 0 Å². The van der Waals surface area contributed by atoms with E-state index < -0.39 is 26.5 Å². The molecule has 0 aliphatic rings. The second kappa shape index (κ2) is 71.2. The number of phosphoric acid groups is 1. The lowest BCUT2D eigenvalue weighted by Crippen LogP contribution is -2.37. The number of allylic oxidation sites excluding steroid dienone is 24. The van der Waals surface area contributed by atoms with Crippen LogP contribution in [-0.2, 0) is 32.7 Å². The quantitative estimate of drug-likeness (QED) is 0.0211.